The molecule has 8 heteroatoms. The summed E-state index contributed by atoms with van der Waals surface area (Å²) in [7, 11) is 1.39. The predicted octanol–water partition coefficient (Wildman–Crippen LogP) is 2.17. The Balaban J connectivity index is 1.54. The Morgan fingerprint density at radius 2 is 1.90 bits per heavy atom. The van der Waals surface area contributed by atoms with Crippen molar-refractivity contribution in [2.45, 2.75) is 32.0 Å². The van der Waals surface area contributed by atoms with Crippen LogP contribution < -0.4 is 14.8 Å². The van der Waals surface area contributed by atoms with Crippen molar-refractivity contribution in [2.75, 3.05) is 7.11 Å². The molecular formula is C21H19FN2O5. The standard InChI is InChI=1S/C21H19FN2O5/c1-28-17-7-2-4-12(19(17)22)11-29-16-6-3-5-13-14(16)10-24(21(13)27)15-8-9-18(25)23-20(15)26/h2-7,15H,8-11H2,1H3,(H,23,25,26)/t15-/m0/s1. The number of nitrogens with zero attached hydrogens (tertiary/aromatic N) is 1. The maximum Gasteiger partial charge on any atom is 0.255 e. The van der Waals surface area contributed by atoms with Gasteiger partial charge in [0.15, 0.2) is 11.6 Å². The van der Waals surface area contributed by atoms with Crippen LogP contribution in [0.2, 0.25) is 0 Å². The van der Waals surface area contributed by atoms with E-state index in [9.17, 15) is 18.8 Å². The highest BCUT2D eigenvalue weighted by Gasteiger charge is 2.40. The third kappa shape index (κ3) is 3.41. The molecule has 2 aliphatic rings. The van der Waals surface area contributed by atoms with Gasteiger partial charge >= 0.3 is 0 Å². The van der Waals surface area contributed by atoms with Gasteiger partial charge in [-0.3, -0.25) is 19.7 Å². The third-order valence-corrected chi connectivity index (χ3v) is 5.19. The minimum Gasteiger partial charge on any atom is -0.494 e. The zero-order valence-electron chi connectivity index (χ0n) is 15.7. The van der Waals surface area contributed by atoms with Gasteiger partial charge < -0.3 is 14.4 Å². The van der Waals surface area contributed by atoms with Crippen molar-refractivity contribution < 1.29 is 28.2 Å². The second kappa shape index (κ2) is 7.54. The van der Waals surface area contributed by atoms with Crippen molar-refractivity contribution >= 4 is 17.7 Å². The highest BCUT2D eigenvalue weighted by atomic mass is 19.1. The summed E-state index contributed by atoms with van der Waals surface area (Å²) < 4.78 is 25.1. The average Bonchev–Trinajstić information content (AvgIpc) is 3.04. The summed E-state index contributed by atoms with van der Waals surface area (Å²) in [4.78, 5) is 37.8. The number of methoxy groups -OCH3 is 1. The van der Waals surface area contributed by atoms with Crippen LogP contribution in [0, 0.1) is 5.82 Å². The van der Waals surface area contributed by atoms with E-state index in [1.807, 2.05) is 0 Å². The fraction of sp³-hybridized carbons (Fsp3) is 0.286. The van der Waals surface area contributed by atoms with Crippen molar-refractivity contribution in [1.29, 1.82) is 0 Å². The number of carbonyl (C=O) groups excluding carboxylic acids is 3. The number of halogens is 1. The lowest BCUT2D eigenvalue weighted by Gasteiger charge is -2.29. The highest BCUT2D eigenvalue weighted by molar-refractivity contribution is 6.05. The van der Waals surface area contributed by atoms with E-state index >= 15 is 0 Å². The van der Waals surface area contributed by atoms with Gasteiger partial charge in [0.05, 0.1) is 13.7 Å². The number of amides is 3. The van der Waals surface area contributed by atoms with E-state index < -0.39 is 17.8 Å². The Hall–Kier alpha value is -3.42. The molecule has 150 valence electrons. The summed E-state index contributed by atoms with van der Waals surface area (Å²) >= 11 is 0. The lowest BCUT2D eigenvalue weighted by Crippen LogP contribution is -2.52. The van der Waals surface area contributed by atoms with E-state index in [0.717, 1.165) is 0 Å². The van der Waals surface area contributed by atoms with Crippen LogP contribution in [0.5, 0.6) is 11.5 Å². The summed E-state index contributed by atoms with van der Waals surface area (Å²) in [5.41, 5.74) is 1.41. The van der Waals surface area contributed by atoms with Gasteiger partial charge in [-0.2, -0.15) is 0 Å². The molecule has 2 aromatic carbocycles. The van der Waals surface area contributed by atoms with Crippen LogP contribution in [-0.4, -0.2) is 35.8 Å². The molecule has 2 aromatic rings. The van der Waals surface area contributed by atoms with E-state index in [4.69, 9.17) is 9.47 Å². The van der Waals surface area contributed by atoms with Crippen LogP contribution in [0.3, 0.4) is 0 Å². The second-order valence-corrected chi connectivity index (χ2v) is 6.90. The van der Waals surface area contributed by atoms with Crippen LogP contribution in [0.4, 0.5) is 4.39 Å². The van der Waals surface area contributed by atoms with Crippen molar-refractivity contribution in [3.63, 3.8) is 0 Å². The molecular weight excluding hydrogens is 379 g/mol. The van der Waals surface area contributed by atoms with E-state index in [-0.39, 0.29) is 43.6 Å². The van der Waals surface area contributed by atoms with Crippen LogP contribution in [-0.2, 0) is 22.7 Å². The quantitative estimate of drug-likeness (QED) is 0.781. The predicted molar refractivity (Wildman–Crippen MR) is 99.8 cm³/mol. The molecule has 1 saturated heterocycles. The third-order valence-electron chi connectivity index (χ3n) is 5.19. The number of benzene rings is 2. The molecule has 1 fully saturated rings. The summed E-state index contributed by atoms with van der Waals surface area (Å²) in [6, 6.07) is 9.15. The van der Waals surface area contributed by atoms with E-state index in [0.29, 0.717) is 22.4 Å². The number of rotatable bonds is 5. The number of hydrogen-bond donors (Lipinski definition) is 1. The minimum absolute atomic E-state index is 0.0356. The number of ether oxygens (including phenoxy) is 2. The number of carbonyl (C=O) groups is 3. The van der Waals surface area contributed by atoms with Gasteiger partial charge in [0.2, 0.25) is 11.8 Å². The SMILES string of the molecule is COc1cccc(COc2cccc3c2CN([C@H]2CCC(=O)NC2=O)C3=O)c1F. The Bertz CT molecular complexity index is 1010. The van der Waals surface area contributed by atoms with Crippen molar-refractivity contribution in [3.8, 4) is 11.5 Å². The lowest BCUT2D eigenvalue weighted by molar-refractivity contribution is -0.136. The topological polar surface area (TPSA) is 84.9 Å². The molecule has 2 heterocycles. The van der Waals surface area contributed by atoms with Crippen LogP contribution in [0.15, 0.2) is 36.4 Å². The van der Waals surface area contributed by atoms with Crippen LogP contribution in [0.25, 0.3) is 0 Å². The molecule has 0 radical (unpaired) electrons. The number of hydrogen-bond acceptors (Lipinski definition) is 5. The van der Waals surface area contributed by atoms with Crippen LogP contribution in [0.1, 0.15) is 34.3 Å². The Labute approximate surface area is 166 Å². The normalized spacial score (nSPS) is 18.5. The van der Waals surface area contributed by atoms with Gasteiger partial charge in [-0.15, -0.1) is 0 Å². The first-order valence-electron chi connectivity index (χ1n) is 9.20. The first kappa shape index (κ1) is 18.9. The average molecular weight is 398 g/mol. The monoisotopic (exact) mass is 398 g/mol. The Morgan fingerprint density at radius 1 is 1.14 bits per heavy atom. The van der Waals surface area contributed by atoms with Gasteiger partial charge in [-0.25, -0.2) is 4.39 Å². The number of fused-ring (bicyclic) bond motifs is 1. The van der Waals surface area contributed by atoms with Gasteiger partial charge in [0.1, 0.15) is 18.4 Å². The molecule has 0 aliphatic carbocycles. The molecule has 7 nitrogen and oxygen atoms in total. The number of piperidine rings is 1. The molecule has 2 aliphatic heterocycles. The van der Waals surface area contributed by atoms with E-state index in [1.165, 1.54) is 18.1 Å². The molecule has 4 rings (SSSR count). The van der Waals surface area contributed by atoms with Crippen molar-refractivity contribution in [1.82, 2.24) is 10.2 Å². The summed E-state index contributed by atoms with van der Waals surface area (Å²) in [5.74, 6) is -1.00. The van der Waals surface area contributed by atoms with Gasteiger partial charge in [-0.1, -0.05) is 18.2 Å². The van der Waals surface area contributed by atoms with Crippen LogP contribution >= 0.6 is 0 Å². The fourth-order valence-corrected chi connectivity index (χ4v) is 3.67. The smallest absolute Gasteiger partial charge is 0.255 e. The van der Waals surface area contributed by atoms with Gasteiger partial charge in [-0.05, 0) is 24.6 Å². The van der Waals surface area contributed by atoms with E-state index in [2.05, 4.69) is 5.32 Å². The zero-order chi connectivity index (χ0) is 20.5. The molecule has 1 atom stereocenters. The minimum atomic E-state index is -0.698. The first-order chi connectivity index (χ1) is 14.0. The first-order valence-corrected chi connectivity index (χ1v) is 9.20. The Kier molecular flexibility index (Phi) is 4.92. The number of imide groups is 1. The van der Waals surface area contributed by atoms with Gasteiger partial charge in [0, 0.05) is 23.1 Å². The van der Waals surface area contributed by atoms with E-state index in [1.54, 1.807) is 30.3 Å². The molecule has 0 aromatic heterocycles. The maximum absolute atomic E-state index is 14.4. The second-order valence-electron chi connectivity index (χ2n) is 6.90. The number of nitrogens with one attached hydrogen (secondary N) is 1. The van der Waals surface area contributed by atoms with Gasteiger partial charge in [0.25, 0.3) is 5.91 Å². The molecule has 0 bridgehead atoms. The van der Waals surface area contributed by atoms with Crippen molar-refractivity contribution in [2.24, 2.45) is 0 Å². The molecule has 0 spiro atoms. The lowest BCUT2D eigenvalue weighted by atomic mass is 10.0. The zero-order valence-corrected chi connectivity index (χ0v) is 15.7. The largest absolute Gasteiger partial charge is 0.494 e. The Morgan fingerprint density at radius 3 is 2.66 bits per heavy atom. The van der Waals surface area contributed by atoms with Crippen molar-refractivity contribution in [3.05, 3.63) is 58.9 Å². The maximum atomic E-state index is 14.4. The summed E-state index contributed by atoms with van der Waals surface area (Å²) in [5, 5.41) is 2.28. The molecule has 29 heavy (non-hydrogen) atoms. The fourth-order valence-electron chi connectivity index (χ4n) is 3.67. The molecule has 3 amide bonds. The summed E-state index contributed by atoms with van der Waals surface area (Å²) in [6.45, 7) is 0.156. The molecule has 0 saturated carbocycles. The summed E-state index contributed by atoms with van der Waals surface area (Å²) in [6.07, 6.45) is 0.477. The molecule has 0 unspecified atom stereocenters. The highest BCUT2D eigenvalue weighted by Crippen LogP contribution is 2.34. The molecule has 1 N–H and O–H groups in total.